The van der Waals surface area contributed by atoms with E-state index in [2.05, 4.69) is 15.4 Å². The predicted molar refractivity (Wildman–Crippen MR) is 63.2 cm³/mol. The van der Waals surface area contributed by atoms with E-state index in [-0.39, 0.29) is 12.2 Å². The maximum absolute atomic E-state index is 11.7. The van der Waals surface area contributed by atoms with Gasteiger partial charge in [-0.25, -0.2) is 4.79 Å². The van der Waals surface area contributed by atoms with Crippen LogP contribution in [-0.4, -0.2) is 26.2 Å². The molecule has 0 bridgehead atoms. The Morgan fingerprint density at radius 2 is 2.00 bits per heavy atom. The minimum absolute atomic E-state index is 0.0542. The lowest BCUT2D eigenvalue weighted by Crippen LogP contribution is -2.07. The van der Waals surface area contributed by atoms with Crippen LogP contribution in [0.25, 0.3) is 0 Å². The zero-order valence-electron chi connectivity index (χ0n) is 9.70. The molecule has 4 N–H and O–H groups in total. The second kappa shape index (κ2) is 4.70. The van der Waals surface area contributed by atoms with Gasteiger partial charge in [0.1, 0.15) is 0 Å². The third kappa shape index (κ3) is 2.73. The smallest absolute Gasteiger partial charge is 0.338 e. The van der Waals surface area contributed by atoms with Crippen molar-refractivity contribution in [3.8, 4) is 0 Å². The van der Waals surface area contributed by atoms with E-state index in [0.29, 0.717) is 17.2 Å². The molecule has 0 saturated carbocycles. The van der Waals surface area contributed by atoms with Crippen molar-refractivity contribution < 1.29 is 9.53 Å². The van der Waals surface area contributed by atoms with Gasteiger partial charge in [0.05, 0.1) is 12.6 Å². The zero-order chi connectivity index (χ0) is 13.1. The SMILES string of the molecule is Cn1nnc(COC(=O)c2cc(N)cc(N)c2)n1. The molecule has 8 nitrogen and oxygen atoms in total. The fraction of sp³-hybridized carbons (Fsp3) is 0.200. The number of aryl methyl sites for hydroxylation is 1. The van der Waals surface area contributed by atoms with Crippen LogP contribution in [0.4, 0.5) is 11.4 Å². The van der Waals surface area contributed by atoms with Crippen LogP contribution in [0, 0.1) is 0 Å². The van der Waals surface area contributed by atoms with Gasteiger partial charge in [0, 0.05) is 11.4 Å². The molecule has 94 valence electrons. The Labute approximate surface area is 103 Å². The van der Waals surface area contributed by atoms with E-state index < -0.39 is 5.97 Å². The molecule has 1 aromatic carbocycles. The number of esters is 1. The van der Waals surface area contributed by atoms with Crippen LogP contribution in [-0.2, 0) is 18.4 Å². The Balaban J connectivity index is 2.03. The first-order valence-electron chi connectivity index (χ1n) is 5.10. The average molecular weight is 248 g/mol. The molecule has 0 saturated heterocycles. The first-order valence-corrected chi connectivity index (χ1v) is 5.10. The number of anilines is 2. The molecule has 0 aliphatic rings. The van der Waals surface area contributed by atoms with Gasteiger partial charge in [-0.05, 0) is 23.4 Å². The van der Waals surface area contributed by atoms with Crippen LogP contribution >= 0.6 is 0 Å². The molecule has 0 atom stereocenters. The highest BCUT2D eigenvalue weighted by Gasteiger charge is 2.10. The van der Waals surface area contributed by atoms with Gasteiger partial charge in [0.25, 0.3) is 0 Å². The molecule has 0 radical (unpaired) electrons. The lowest BCUT2D eigenvalue weighted by atomic mass is 10.2. The molecule has 0 unspecified atom stereocenters. The number of nitrogens with two attached hydrogens (primary N) is 2. The average Bonchev–Trinajstić information content (AvgIpc) is 2.70. The second-order valence-electron chi connectivity index (χ2n) is 3.66. The standard InChI is InChI=1S/C10H12N6O2/c1-16-14-9(13-15-16)5-18-10(17)6-2-7(11)4-8(12)3-6/h2-4H,5,11-12H2,1H3. The van der Waals surface area contributed by atoms with Crippen molar-refractivity contribution in [3.05, 3.63) is 29.6 Å². The summed E-state index contributed by atoms with van der Waals surface area (Å²) < 4.78 is 5.01. The predicted octanol–water partition coefficient (Wildman–Crippen LogP) is -0.269. The van der Waals surface area contributed by atoms with Crippen LogP contribution in [0.3, 0.4) is 0 Å². The van der Waals surface area contributed by atoms with Gasteiger partial charge in [-0.15, -0.1) is 10.2 Å². The summed E-state index contributed by atoms with van der Waals surface area (Å²) in [7, 11) is 1.62. The zero-order valence-corrected chi connectivity index (χ0v) is 9.70. The van der Waals surface area contributed by atoms with Gasteiger partial charge < -0.3 is 16.2 Å². The Morgan fingerprint density at radius 1 is 1.33 bits per heavy atom. The number of nitrogen functional groups attached to an aromatic ring is 2. The van der Waals surface area contributed by atoms with Crippen molar-refractivity contribution in [2.75, 3.05) is 11.5 Å². The summed E-state index contributed by atoms with van der Waals surface area (Å²) in [6, 6.07) is 4.53. The molecule has 0 spiro atoms. The fourth-order valence-corrected chi connectivity index (χ4v) is 1.39. The molecule has 2 rings (SSSR count). The Bertz CT molecular complexity index is 559. The van der Waals surface area contributed by atoms with Crippen molar-refractivity contribution in [1.82, 2.24) is 20.2 Å². The van der Waals surface area contributed by atoms with Crippen molar-refractivity contribution in [2.24, 2.45) is 7.05 Å². The third-order valence-electron chi connectivity index (χ3n) is 2.10. The lowest BCUT2D eigenvalue weighted by Gasteiger charge is -2.04. The number of benzene rings is 1. The summed E-state index contributed by atoms with van der Waals surface area (Å²) in [5, 5.41) is 11.2. The summed E-state index contributed by atoms with van der Waals surface area (Å²) in [5.41, 5.74) is 12.3. The number of nitrogens with zero attached hydrogens (tertiary/aromatic N) is 4. The number of hydrogen-bond donors (Lipinski definition) is 2. The third-order valence-corrected chi connectivity index (χ3v) is 2.10. The van der Waals surface area contributed by atoms with Crippen molar-refractivity contribution in [3.63, 3.8) is 0 Å². The number of carbonyl (C=O) groups is 1. The quantitative estimate of drug-likeness (QED) is 0.566. The van der Waals surface area contributed by atoms with E-state index in [1.807, 2.05) is 0 Å². The van der Waals surface area contributed by atoms with E-state index >= 15 is 0 Å². The largest absolute Gasteiger partial charge is 0.454 e. The van der Waals surface area contributed by atoms with Crippen LogP contribution in [0.1, 0.15) is 16.2 Å². The molecule has 0 amide bonds. The summed E-state index contributed by atoms with van der Waals surface area (Å²) in [4.78, 5) is 13.0. The number of ether oxygens (including phenoxy) is 1. The summed E-state index contributed by atoms with van der Waals surface area (Å²) in [6.07, 6.45) is 0. The van der Waals surface area contributed by atoms with E-state index in [0.717, 1.165) is 0 Å². The van der Waals surface area contributed by atoms with Crippen molar-refractivity contribution in [1.29, 1.82) is 0 Å². The van der Waals surface area contributed by atoms with Gasteiger partial charge in [0.2, 0.25) is 5.82 Å². The normalized spacial score (nSPS) is 10.3. The molecule has 1 heterocycles. The molecular weight excluding hydrogens is 236 g/mol. The minimum atomic E-state index is -0.540. The Kier molecular flexibility index (Phi) is 3.09. The van der Waals surface area contributed by atoms with Crippen LogP contribution in [0.2, 0.25) is 0 Å². The highest BCUT2D eigenvalue weighted by Crippen LogP contribution is 2.14. The molecule has 18 heavy (non-hydrogen) atoms. The van der Waals surface area contributed by atoms with Gasteiger partial charge >= 0.3 is 5.97 Å². The molecule has 0 aliphatic carbocycles. The number of rotatable bonds is 3. The minimum Gasteiger partial charge on any atom is -0.454 e. The summed E-state index contributed by atoms with van der Waals surface area (Å²) in [6.45, 7) is -0.0542. The summed E-state index contributed by atoms with van der Waals surface area (Å²) in [5.74, 6) is -0.218. The van der Waals surface area contributed by atoms with Crippen LogP contribution < -0.4 is 11.5 Å². The lowest BCUT2D eigenvalue weighted by molar-refractivity contribution is 0.0462. The molecule has 0 fully saturated rings. The molecule has 1 aromatic heterocycles. The number of carbonyl (C=O) groups excluding carboxylic acids is 1. The van der Waals surface area contributed by atoms with E-state index in [4.69, 9.17) is 16.2 Å². The topological polar surface area (TPSA) is 122 Å². The maximum Gasteiger partial charge on any atom is 0.338 e. The van der Waals surface area contributed by atoms with Gasteiger partial charge in [-0.3, -0.25) is 0 Å². The number of aromatic nitrogens is 4. The first kappa shape index (κ1) is 11.8. The van der Waals surface area contributed by atoms with Gasteiger partial charge in [0.15, 0.2) is 6.61 Å². The maximum atomic E-state index is 11.7. The van der Waals surface area contributed by atoms with Crippen molar-refractivity contribution in [2.45, 2.75) is 6.61 Å². The highest BCUT2D eigenvalue weighted by molar-refractivity contribution is 5.91. The number of hydrogen-bond acceptors (Lipinski definition) is 7. The Morgan fingerprint density at radius 3 is 2.56 bits per heavy atom. The van der Waals surface area contributed by atoms with Crippen LogP contribution in [0.5, 0.6) is 0 Å². The fourth-order valence-electron chi connectivity index (χ4n) is 1.39. The molecule has 8 heteroatoms. The van der Waals surface area contributed by atoms with Gasteiger partial charge in [-0.2, -0.15) is 4.80 Å². The Hall–Kier alpha value is -2.64. The van der Waals surface area contributed by atoms with E-state index in [1.54, 1.807) is 13.1 Å². The first-order chi connectivity index (χ1) is 8.54. The number of tetrazole rings is 1. The van der Waals surface area contributed by atoms with Crippen molar-refractivity contribution >= 4 is 17.3 Å². The van der Waals surface area contributed by atoms with E-state index in [9.17, 15) is 4.79 Å². The highest BCUT2D eigenvalue weighted by atomic mass is 16.5. The van der Waals surface area contributed by atoms with Gasteiger partial charge in [-0.1, -0.05) is 0 Å². The van der Waals surface area contributed by atoms with Crippen LogP contribution in [0.15, 0.2) is 18.2 Å². The molecular formula is C10H12N6O2. The van der Waals surface area contributed by atoms with E-state index in [1.165, 1.54) is 16.9 Å². The second-order valence-corrected chi connectivity index (χ2v) is 3.66. The molecule has 2 aromatic rings. The monoisotopic (exact) mass is 248 g/mol. The molecule has 0 aliphatic heterocycles. The summed E-state index contributed by atoms with van der Waals surface area (Å²) >= 11 is 0.